The average molecular weight is 765 g/mol. The number of unbranched alkanes of at least 4 members (excludes halogenated alkanes) is 13. The highest BCUT2D eigenvalue weighted by Gasteiger charge is 2.19. The molecular weight excluding hydrogens is 685 g/mol. The second-order valence-corrected chi connectivity index (χ2v) is 14.2. The lowest BCUT2D eigenvalue weighted by Crippen LogP contribution is -2.30. The zero-order chi connectivity index (χ0) is 40.1. The Labute approximate surface area is 337 Å². The van der Waals surface area contributed by atoms with Crippen LogP contribution in [0.25, 0.3) is 0 Å². The van der Waals surface area contributed by atoms with Crippen molar-refractivity contribution in [2.75, 3.05) is 13.2 Å². The van der Waals surface area contributed by atoms with Gasteiger partial charge in [0.15, 0.2) is 6.10 Å². The van der Waals surface area contributed by atoms with E-state index in [4.69, 9.17) is 14.2 Å². The third-order valence-corrected chi connectivity index (χ3v) is 8.90. The van der Waals surface area contributed by atoms with E-state index in [9.17, 15) is 14.4 Å². The van der Waals surface area contributed by atoms with Crippen LogP contribution in [0, 0.1) is 0 Å². The number of hydrogen-bond acceptors (Lipinski definition) is 6. The van der Waals surface area contributed by atoms with Gasteiger partial charge in [-0.2, -0.15) is 0 Å². The van der Waals surface area contributed by atoms with Gasteiger partial charge in [0.05, 0.1) is 0 Å². The van der Waals surface area contributed by atoms with Gasteiger partial charge in [-0.15, -0.1) is 0 Å². The van der Waals surface area contributed by atoms with Crippen molar-refractivity contribution in [3.63, 3.8) is 0 Å². The number of ether oxygens (including phenoxy) is 3. The number of carbonyl (C=O) groups is 3. The summed E-state index contributed by atoms with van der Waals surface area (Å²) in [5.74, 6) is -1.01. The van der Waals surface area contributed by atoms with E-state index >= 15 is 0 Å². The molecule has 0 aromatic carbocycles. The first kappa shape index (κ1) is 51.6. The second-order valence-electron chi connectivity index (χ2n) is 14.2. The topological polar surface area (TPSA) is 78.9 Å². The van der Waals surface area contributed by atoms with Crippen LogP contribution in [0.15, 0.2) is 85.1 Å². The normalized spacial score (nSPS) is 12.9. The fraction of sp³-hybridized carbons (Fsp3) is 0.653. The maximum Gasteiger partial charge on any atom is 0.306 e. The molecule has 1 unspecified atom stereocenters. The molecule has 312 valence electrons. The van der Waals surface area contributed by atoms with Crippen molar-refractivity contribution >= 4 is 17.9 Å². The van der Waals surface area contributed by atoms with Gasteiger partial charge in [-0.05, 0) is 83.5 Å². The first-order valence-electron chi connectivity index (χ1n) is 22.1. The predicted octanol–water partition coefficient (Wildman–Crippen LogP) is 14.1. The first-order valence-corrected chi connectivity index (χ1v) is 22.1. The Hall–Kier alpha value is -3.41. The Morgan fingerprint density at radius 1 is 0.382 bits per heavy atom. The molecule has 1 atom stereocenters. The summed E-state index contributed by atoms with van der Waals surface area (Å²) in [5.41, 5.74) is 0. The molecule has 0 radical (unpaired) electrons. The third-order valence-electron chi connectivity index (χ3n) is 8.90. The average Bonchev–Trinajstić information content (AvgIpc) is 3.18. The van der Waals surface area contributed by atoms with Crippen molar-refractivity contribution in [3.8, 4) is 0 Å². The second kappa shape index (κ2) is 43.3. The van der Waals surface area contributed by atoms with E-state index in [-0.39, 0.29) is 37.5 Å². The summed E-state index contributed by atoms with van der Waals surface area (Å²) in [6.45, 7) is 6.28. The van der Waals surface area contributed by atoms with Crippen LogP contribution in [0.2, 0.25) is 0 Å². The largest absolute Gasteiger partial charge is 0.462 e. The summed E-state index contributed by atoms with van der Waals surface area (Å²) in [4.78, 5) is 37.6. The van der Waals surface area contributed by atoms with Crippen LogP contribution in [-0.2, 0) is 28.6 Å². The van der Waals surface area contributed by atoms with Crippen LogP contribution in [-0.4, -0.2) is 37.2 Å². The van der Waals surface area contributed by atoms with Crippen molar-refractivity contribution in [2.24, 2.45) is 0 Å². The molecule has 0 saturated carbocycles. The lowest BCUT2D eigenvalue weighted by Gasteiger charge is -2.18. The molecule has 0 saturated heterocycles. The molecule has 0 bridgehead atoms. The molecule has 0 amide bonds. The van der Waals surface area contributed by atoms with E-state index in [1.807, 2.05) is 0 Å². The van der Waals surface area contributed by atoms with Crippen LogP contribution in [0.4, 0.5) is 0 Å². The SMILES string of the molecule is CC/C=C\C/C=C\C/C=C\C/C=C\C/C=C\CCCC(=O)OCC(COC(=O)CCCC/C=C\C/C=C\CC)OC(=O)CCCCCCCCCCCCC. The highest BCUT2D eigenvalue weighted by molar-refractivity contribution is 5.71. The van der Waals surface area contributed by atoms with E-state index in [0.717, 1.165) is 89.9 Å². The van der Waals surface area contributed by atoms with E-state index in [2.05, 4.69) is 106 Å². The van der Waals surface area contributed by atoms with Crippen molar-refractivity contribution in [3.05, 3.63) is 85.1 Å². The number of allylic oxidation sites excluding steroid dienone is 14. The molecule has 0 aliphatic rings. The zero-order valence-corrected chi connectivity index (χ0v) is 35.4. The Morgan fingerprint density at radius 2 is 0.727 bits per heavy atom. The maximum atomic E-state index is 12.7. The number of esters is 3. The quantitative estimate of drug-likeness (QED) is 0.0270. The molecule has 0 N–H and O–H groups in total. The Balaban J connectivity index is 4.48. The third kappa shape index (κ3) is 41.6. The van der Waals surface area contributed by atoms with Crippen molar-refractivity contribution in [1.82, 2.24) is 0 Å². The minimum Gasteiger partial charge on any atom is -0.462 e. The molecule has 6 nitrogen and oxygen atoms in total. The Kier molecular flexibility index (Phi) is 40.6. The molecular formula is C49H80O6. The van der Waals surface area contributed by atoms with Gasteiger partial charge in [0, 0.05) is 19.3 Å². The van der Waals surface area contributed by atoms with Crippen LogP contribution >= 0.6 is 0 Å². The van der Waals surface area contributed by atoms with Gasteiger partial charge in [0.1, 0.15) is 13.2 Å². The van der Waals surface area contributed by atoms with Gasteiger partial charge in [-0.3, -0.25) is 14.4 Å². The van der Waals surface area contributed by atoms with Gasteiger partial charge < -0.3 is 14.2 Å². The van der Waals surface area contributed by atoms with Crippen molar-refractivity contribution in [2.45, 2.75) is 194 Å². The first-order chi connectivity index (χ1) is 27.0. The molecule has 0 aliphatic carbocycles. The lowest BCUT2D eigenvalue weighted by atomic mass is 10.1. The molecule has 0 aromatic rings. The summed E-state index contributed by atoms with van der Waals surface area (Å²) in [5, 5.41) is 0. The van der Waals surface area contributed by atoms with Crippen molar-refractivity contribution < 1.29 is 28.6 Å². The van der Waals surface area contributed by atoms with Crippen LogP contribution in [0.1, 0.15) is 188 Å². The summed E-state index contributed by atoms with van der Waals surface area (Å²) in [7, 11) is 0. The minimum atomic E-state index is -0.807. The Morgan fingerprint density at radius 3 is 1.18 bits per heavy atom. The molecule has 55 heavy (non-hydrogen) atoms. The molecule has 6 heteroatoms. The smallest absolute Gasteiger partial charge is 0.306 e. The zero-order valence-electron chi connectivity index (χ0n) is 35.4. The van der Waals surface area contributed by atoms with Crippen LogP contribution in [0.3, 0.4) is 0 Å². The Bertz CT molecular complexity index is 1110. The van der Waals surface area contributed by atoms with E-state index in [1.165, 1.54) is 51.4 Å². The number of hydrogen-bond donors (Lipinski definition) is 0. The number of carbonyl (C=O) groups excluding carboxylic acids is 3. The summed E-state index contributed by atoms with van der Waals surface area (Å²) in [6.07, 6.45) is 54.4. The van der Waals surface area contributed by atoms with Crippen LogP contribution in [0.5, 0.6) is 0 Å². The standard InChI is InChI=1S/C49H80O6/c1-4-7-10-13-16-19-21-22-23-24-25-26-28-30-33-36-39-42-48(51)54-45-46(44-53-47(50)41-38-35-32-29-18-15-12-9-6-3)55-49(52)43-40-37-34-31-27-20-17-14-11-8-5-2/h7,9-10,12,16,18-19,22-23,25-26,29-30,33,46H,4-6,8,11,13-15,17,20-21,24,27-28,31-32,34-45H2,1-3H3/b10-7-,12-9-,19-16-,23-22-,26-25-,29-18-,33-30-. The summed E-state index contributed by atoms with van der Waals surface area (Å²) < 4.78 is 16.6. The predicted molar refractivity (Wildman–Crippen MR) is 233 cm³/mol. The van der Waals surface area contributed by atoms with E-state index in [1.54, 1.807) is 0 Å². The van der Waals surface area contributed by atoms with Gasteiger partial charge in [0.25, 0.3) is 0 Å². The van der Waals surface area contributed by atoms with E-state index in [0.29, 0.717) is 19.3 Å². The minimum absolute atomic E-state index is 0.111. The summed E-state index contributed by atoms with van der Waals surface area (Å²) >= 11 is 0. The monoisotopic (exact) mass is 765 g/mol. The van der Waals surface area contributed by atoms with Gasteiger partial charge in [0.2, 0.25) is 0 Å². The lowest BCUT2D eigenvalue weighted by molar-refractivity contribution is -0.167. The molecule has 0 aromatic heterocycles. The van der Waals surface area contributed by atoms with Crippen molar-refractivity contribution in [1.29, 1.82) is 0 Å². The number of rotatable bonds is 38. The molecule has 0 heterocycles. The highest BCUT2D eigenvalue weighted by Crippen LogP contribution is 2.13. The van der Waals surface area contributed by atoms with Crippen LogP contribution < -0.4 is 0 Å². The maximum absolute atomic E-state index is 12.7. The highest BCUT2D eigenvalue weighted by atomic mass is 16.6. The molecule has 0 fully saturated rings. The fourth-order valence-corrected chi connectivity index (χ4v) is 5.63. The molecule has 0 rings (SSSR count). The molecule has 0 aliphatic heterocycles. The van der Waals surface area contributed by atoms with Gasteiger partial charge >= 0.3 is 17.9 Å². The van der Waals surface area contributed by atoms with E-state index < -0.39 is 6.10 Å². The van der Waals surface area contributed by atoms with Gasteiger partial charge in [-0.25, -0.2) is 0 Å². The van der Waals surface area contributed by atoms with Gasteiger partial charge in [-0.1, -0.05) is 170 Å². The summed E-state index contributed by atoms with van der Waals surface area (Å²) in [6, 6.07) is 0. The molecule has 0 spiro atoms. The fourth-order valence-electron chi connectivity index (χ4n) is 5.63.